The summed E-state index contributed by atoms with van der Waals surface area (Å²) in [6.45, 7) is 1.48. The van der Waals surface area contributed by atoms with E-state index in [-0.39, 0.29) is 5.82 Å². The first-order valence-corrected chi connectivity index (χ1v) is 7.76. The van der Waals surface area contributed by atoms with E-state index in [1.807, 2.05) is 0 Å². The predicted octanol–water partition coefficient (Wildman–Crippen LogP) is 2.30. The summed E-state index contributed by atoms with van der Waals surface area (Å²) in [6.07, 6.45) is 1.74. The van der Waals surface area contributed by atoms with Crippen molar-refractivity contribution < 1.29 is 14.3 Å². The number of carbonyl (C=O) groups is 2. The van der Waals surface area contributed by atoms with Gasteiger partial charge in [0.2, 0.25) is 0 Å². The highest BCUT2D eigenvalue weighted by Gasteiger charge is 2.21. The summed E-state index contributed by atoms with van der Waals surface area (Å²) in [5.41, 5.74) is 1.27. The van der Waals surface area contributed by atoms with Crippen LogP contribution in [0.4, 0.5) is 5.82 Å². The van der Waals surface area contributed by atoms with Gasteiger partial charge in [0.15, 0.2) is 17.6 Å². The quantitative estimate of drug-likeness (QED) is 0.662. The number of imidazole rings is 1. The molecule has 1 aromatic carbocycles. The van der Waals surface area contributed by atoms with Crippen molar-refractivity contribution in [2.24, 2.45) is 0 Å². The van der Waals surface area contributed by atoms with Gasteiger partial charge in [-0.3, -0.25) is 4.79 Å². The van der Waals surface area contributed by atoms with Gasteiger partial charge in [-0.2, -0.15) is 0 Å². The molecule has 3 aromatic rings. The summed E-state index contributed by atoms with van der Waals surface area (Å²) in [5.74, 6) is -0.837. The van der Waals surface area contributed by atoms with Gasteiger partial charge in [-0.25, -0.2) is 19.7 Å². The van der Waals surface area contributed by atoms with Gasteiger partial charge in [0.05, 0.1) is 11.9 Å². The first-order valence-electron chi connectivity index (χ1n) is 6.96. The zero-order valence-electron chi connectivity index (χ0n) is 12.5. The Labute approximate surface area is 144 Å². The summed E-state index contributed by atoms with van der Waals surface area (Å²) in [4.78, 5) is 39.1. The van der Waals surface area contributed by atoms with Crippen LogP contribution in [-0.2, 0) is 9.53 Å². The molecular formula is C15H12BrN5O3. The second-order valence-corrected chi connectivity index (χ2v) is 5.69. The minimum atomic E-state index is -1.00. The van der Waals surface area contributed by atoms with E-state index in [9.17, 15) is 9.59 Å². The Morgan fingerprint density at radius 2 is 2.04 bits per heavy atom. The summed E-state index contributed by atoms with van der Waals surface area (Å²) < 4.78 is 5.79. The van der Waals surface area contributed by atoms with Gasteiger partial charge in [-0.1, -0.05) is 12.1 Å². The lowest BCUT2D eigenvalue weighted by Gasteiger charge is -2.13. The fourth-order valence-electron chi connectivity index (χ4n) is 1.98. The highest BCUT2D eigenvalue weighted by molar-refractivity contribution is 9.10. The van der Waals surface area contributed by atoms with E-state index in [2.05, 4.69) is 41.2 Å². The molecule has 1 unspecified atom stereocenters. The molecule has 2 aromatic heterocycles. The average Bonchev–Trinajstić information content (AvgIpc) is 3.04. The number of esters is 1. The molecule has 122 valence electrons. The zero-order chi connectivity index (χ0) is 17.1. The van der Waals surface area contributed by atoms with E-state index in [0.717, 1.165) is 0 Å². The number of rotatable bonds is 4. The number of amides is 1. The van der Waals surface area contributed by atoms with Crippen molar-refractivity contribution in [3.05, 3.63) is 47.0 Å². The molecular weight excluding hydrogens is 378 g/mol. The fraction of sp³-hybridized carbons (Fsp3) is 0.133. The normalized spacial score (nSPS) is 11.9. The highest BCUT2D eigenvalue weighted by Crippen LogP contribution is 2.18. The van der Waals surface area contributed by atoms with Crippen molar-refractivity contribution in [1.82, 2.24) is 19.9 Å². The number of hydrogen-bond acceptors (Lipinski definition) is 6. The van der Waals surface area contributed by atoms with Crippen LogP contribution in [0.5, 0.6) is 0 Å². The van der Waals surface area contributed by atoms with E-state index in [0.29, 0.717) is 21.2 Å². The number of benzene rings is 1. The summed E-state index contributed by atoms with van der Waals surface area (Å²) >= 11 is 3.27. The van der Waals surface area contributed by atoms with E-state index in [1.165, 1.54) is 19.6 Å². The van der Waals surface area contributed by atoms with Gasteiger partial charge >= 0.3 is 5.97 Å². The molecule has 0 fully saturated rings. The Balaban J connectivity index is 1.70. The second-order valence-electron chi connectivity index (χ2n) is 4.84. The first-order chi connectivity index (χ1) is 11.6. The van der Waals surface area contributed by atoms with Crippen LogP contribution in [0, 0.1) is 0 Å². The minimum Gasteiger partial charge on any atom is -0.449 e. The van der Waals surface area contributed by atoms with Crippen LogP contribution < -0.4 is 5.32 Å². The van der Waals surface area contributed by atoms with Gasteiger partial charge in [-0.05, 0) is 35.0 Å². The molecule has 2 heterocycles. The summed E-state index contributed by atoms with van der Waals surface area (Å²) in [5, 5.41) is 2.59. The van der Waals surface area contributed by atoms with Gasteiger partial charge in [0.1, 0.15) is 11.8 Å². The number of nitrogens with one attached hydrogen (secondary N) is 2. The zero-order valence-corrected chi connectivity index (χ0v) is 14.1. The van der Waals surface area contributed by atoms with E-state index in [1.54, 1.807) is 24.3 Å². The van der Waals surface area contributed by atoms with Gasteiger partial charge in [0.25, 0.3) is 5.91 Å². The number of ether oxygens (including phenoxy) is 1. The Kier molecular flexibility index (Phi) is 4.52. The Morgan fingerprint density at radius 1 is 1.25 bits per heavy atom. The Hall–Kier alpha value is -2.81. The van der Waals surface area contributed by atoms with Crippen LogP contribution in [0.3, 0.4) is 0 Å². The molecule has 0 aliphatic heterocycles. The number of fused-ring (bicyclic) bond motifs is 1. The highest BCUT2D eigenvalue weighted by atomic mass is 79.9. The SMILES string of the molecule is CC(OC(=O)c1ccccc1Br)C(=O)Nc1ncnc2nc[nH]c12. The molecule has 3 rings (SSSR count). The minimum absolute atomic E-state index is 0.270. The molecule has 8 nitrogen and oxygen atoms in total. The van der Waals surface area contributed by atoms with Crippen LogP contribution in [0.2, 0.25) is 0 Å². The molecule has 0 radical (unpaired) electrons. The second kappa shape index (κ2) is 6.75. The molecule has 1 atom stereocenters. The lowest BCUT2D eigenvalue weighted by Crippen LogP contribution is -2.30. The molecule has 1 amide bonds. The van der Waals surface area contributed by atoms with Crippen molar-refractivity contribution in [3.63, 3.8) is 0 Å². The summed E-state index contributed by atoms with van der Waals surface area (Å²) in [7, 11) is 0. The molecule has 0 bridgehead atoms. The van der Waals surface area contributed by atoms with Crippen LogP contribution in [0.1, 0.15) is 17.3 Å². The molecule has 0 aliphatic carbocycles. The van der Waals surface area contributed by atoms with Crippen molar-refractivity contribution in [2.75, 3.05) is 5.32 Å². The number of nitrogens with zero attached hydrogens (tertiary/aromatic N) is 3. The third-order valence-corrected chi connectivity index (χ3v) is 3.90. The van der Waals surface area contributed by atoms with Crippen LogP contribution in [0.25, 0.3) is 11.2 Å². The number of anilines is 1. The van der Waals surface area contributed by atoms with E-state index in [4.69, 9.17) is 4.74 Å². The van der Waals surface area contributed by atoms with Gasteiger partial charge < -0.3 is 15.0 Å². The molecule has 2 N–H and O–H groups in total. The smallest absolute Gasteiger partial charge is 0.340 e. The third-order valence-electron chi connectivity index (χ3n) is 3.21. The number of carbonyl (C=O) groups excluding carboxylic acids is 2. The van der Waals surface area contributed by atoms with Crippen LogP contribution in [-0.4, -0.2) is 37.9 Å². The topological polar surface area (TPSA) is 110 Å². The summed E-state index contributed by atoms with van der Waals surface area (Å²) in [6, 6.07) is 6.82. The number of aromatic nitrogens is 4. The standard InChI is InChI=1S/C15H12BrN5O3/c1-8(24-15(23)9-4-2-3-5-10(9)16)14(22)21-13-11-12(18-6-17-11)19-7-20-13/h2-8H,1H3,(H2,17,18,19,20,21,22). The van der Waals surface area contributed by atoms with E-state index < -0.39 is 18.0 Å². The molecule has 0 saturated heterocycles. The molecule has 9 heteroatoms. The fourth-order valence-corrected chi connectivity index (χ4v) is 2.43. The van der Waals surface area contributed by atoms with Crippen molar-refractivity contribution >= 4 is 44.8 Å². The number of hydrogen-bond donors (Lipinski definition) is 2. The maximum absolute atomic E-state index is 12.2. The third kappa shape index (κ3) is 3.25. The lowest BCUT2D eigenvalue weighted by atomic mass is 10.2. The Morgan fingerprint density at radius 3 is 2.83 bits per heavy atom. The molecule has 0 saturated carbocycles. The number of aromatic amines is 1. The monoisotopic (exact) mass is 389 g/mol. The predicted molar refractivity (Wildman–Crippen MR) is 89.3 cm³/mol. The lowest BCUT2D eigenvalue weighted by molar-refractivity contribution is -0.123. The largest absolute Gasteiger partial charge is 0.449 e. The molecule has 0 spiro atoms. The maximum Gasteiger partial charge on any atom is 0.340 e. The average molecular weight is 390 g/mol. The van der Waals surface area contributed by atoms with E-state index >= 15 is 0 Å². The van der Waals surface area contributed by atoms with Crippen LogP contribution >= 0.6 is 15.9 Å². The molecule has 24 heavy (non-hydrogen) atoms. The number of H-pyrrole nitrogens is 1. The van der Waals surface area contributed by atoms with Crippen molar-refractivity contribution in [3.8, 4) is 0 Å². The van der Waals surface area contributed by atoms with Gasteiger partial charge in [0, 0.05) is 4.47 Å². The van der Waals surface area contributed by atoms with Crippen LogP contribution in [0.15, 0.2) is 41.4 Å². The Bertz CT molecular complexity index is 911. The molecule has 0 aliphatic rings. The number of halogens is 1. The van der Waals surface area contributed by atoms with Gasteiger partial charge in [-0.15, -0.1) is 0 Å². The maximum atomic E-state index is 12.2. The van der Waals surface area contributed by atoms with Crippen molar-refractivity contribution in [1.29, 1.82) is 0 Å². The van der Waals surface area contributed by atoms with Crippen molar-refractivity contribution in [2.45, 2.75) is 13.0 Å². The first kappa shape index (κ1) is 16.1.